The Hall–Kier alpha value is -2.03. The molecule has 17 heavy (non-hydrogen) atoms. The molecule has 1 aliphatic carbocycles. The van der Waals surface area contributed by atoms with Gasteiger partial charge in [0.05, 0.1) is 0 Å². The number of nitrogens with one attached hydrogen (secondary N) is 1. The van der Waals surface area contributed by atoms with Crippen molar-refractivity contribution >= 4 is 11.5 Å². The molecule has 2 aromatic rings. The number of nitrogens with two attached hydrogens (primary N) is 1. The average molecular weight is 225 g/mol. The van der Waals surface area contributed by atoms with Gasteiger partial charge < -0.3 is 11.1 Å². The lowest BCUT2D eigenvalue weighted by atomic mass is 10.1. The Morgan fingerprint density at radius 3 is 2.65 bits per heavy atom. The Balaban J connectivity index is 1.83. The lowest BCUT2D eigenvalue weighted by Gasteiger charge is -2.05. The van der Waals surface area contributed by atoms with E-state index in [1.54, 1.807) is 0 Å². The van der Waals surface area contributed by atoms with Gasteiger partial charge in [0, 0.05) is 23.5 Å². The maximum absolute atomic E-state index is 5.77. The molecule has 0 radical (unpaired) electrons. The van der Waals surface area contributed by atoms with E-state index in [2.05, 4.69) is 16.4 Å². The molecule has 0 unspecified atom stereocenters. The van der Waals surface area contributed by atoms with Gasteiger partial charge in [0.1, 0.15) is 5.82 Å². The fraction of sp³-hybridized carbons (Fsp3) is 0.214. The summed E-state index contributed by atoms with van der Waals surface area (Å²) >= 11 is 0. The molecule has 3 rings (SSSR count). The van der Waals surface area contributed by atoms with Crippen LogP contribution in [-0.2, 0) is 0 Å². The molecule has 3 nitrogen and oxygen atoms in total. The highest BCUT2D eigenvalue weighted by Crippen LogP contribution is 2.25. The summed E-state index contributed by atoms with van der Waals surface area (Å²) in [6.07, 6.45) is 4.41. The molecule has 1 saturated carbocycles. The Morgan fingerprint density at radius 2 is 2.00 bits per heavy atom. The van der Waals surface area contributed by atoms with Crippen molar-refractivity contribution in [3.05, 3.63) is 42.6 Å². The summed E-state index contributed by atoms with van der Waals surface area (Å²) in [5, 5.41) is 3.37. The van der Waals surface area contributed by atoms with Gasteiger partial charge in [-0.25, -0.2) is 4.98 Å². The normalized spacial score (nSPS) is 14.6. The van der Waals surface area contributed by atoms with E-state index in [4.69, 9.17) is 5.73 Å². The summed E-state index contributed by atoms with van der Waals surface area (Å²) in [6.45, 7) is 0. The number of hydrogen-bond acceptors (Lipinski definition) is 3. The van der Waals surface area contributed by atoms with Crippen LogP contribution in [0.5, 0.6) is 0 Å². The van der Waals surface area contributed by atoms with E-state index in [0.29, 0.717) is 6.04 Å². The summed E-state index contributed by atoms with van der Waals surface area (Å²) < 4.78 is 0. The minimum Gasteiger partial charge on any atom is -0.399 e. The smallest absolute Gasteiger partial charge is 0.126 e. The van der Waals surface area contributed by atoms with E-state index in [1.165, 1.54) is 12.8 Å². The topological polar surface area (TPSA) is 50.9 Å². The third-order valence-electron chi connectivity index (χ3n) is 2.91. The molecular formula is C14H15N3. The molecule has 0 aliphatic heterocycles. The third kappa shape index (κ3) is 2.38. The Kier molecular flexibility index (Phi) is 2.44. The van der Waals surface area contributed by atoms with Crippen LogP contribution in [0.4, 0.5) is 11.5 Å². The number of anilines is 2. The van der Waals surface area contributed by atoms with Gasteiger partial charge in [-0.2, -0.15) is 0 Å². The van der Waals surface area contributed by atoms with Crippen molar-refractivity contribution in [1.29, 1.82) is 0 Å². The molecular weight excluding hydrogens is 210 g/mol. The van der Waals surface area contributed by atoms with E-state index in [9.17, 15) is 0 Å². The molecule has 0 saturated heterocycles. The van der Waals surface area contributed by atoms with Crippen molar-refractivity contribution < 1.29 is 0 Å². The minimum absolute atomic E-state index is 0.640. The zero-order chi connectivity index (χ0) is 11.7. The maximum atomic E-state index is 5.77. The van der Waals surface area contributed by atoms with Crippen LogP contribution in [0, 0.1) is 0 Å². The van der Waals surface area contributed by atoms with Gasteiger partial charge in [-0.3, -0.25) is 0 Å². The molecule has 1 aromatic carbocycles. The number of benzene rings is 1. The lowest BCUT2D eigenvalue weighted by Crippen LogP contribution is -2.02. The van der Waals surface area contributed by atoms with Gasteiger partial charge >= 0.3 is 0 Å². The summed E-state index contributed by atoms with van der Waals surface area (Å²) in [6, 6.07) is 12.6. The number of nitrogens with zero attached hydrogens (tertiary/aromatic N) is 1. The van der Waals surface area contributed by atoms with E-state index in [0.717, 1.165) is 22.6 Å². The lowest BCUT2D eigenvalue weighted by molar-refractivity contribution is 1.11. The first-order chi connectivity index (χ1) is 8.31. The molecule has 86 valence electrons. The van der Waals surface area contributed by atoms with Crippen LogP contribution in [0.2, 0.25) is 0 Å². The number of aromatic nitrogens is 1. The fourth-order valence-corrected chi connectivity index (χ4v) is 1.81. The standard InChI is InChI=1S/C14H15N3/c15-12-3-1-2-10(8-12)11-4-7-14(16-9-11)17-13-5-6-13/h1-4,7-9,13H,5-6,15H2,(H,16,17). The molecule has 0 atom stereocenters. The third-order valence-corrected chi connectivity index (χ3v) is 2.91. The van der Waals surface area contributed by atoms with Crippen molar-refractivity contribution in [3.8, 4) is 11.1 Å². The quantitative estimate of drug-likeness (QED) is 0.790. The monoisotopic (exact) mass is 225 g/mol. The summed E-state index contributed by atoms with van der Waals surface area (Å²) in [4.78, 5) is 4.41. The van der Waals surface area contributed by atoms with Crippen LogP contribution in [-0.4, -0.2) is 11.0 Å². The van der Waals surface area contributed by atoms with Gasteiger partial charge in [-0.15, -0.1) is 0 Å². The molecule has 0 spiro atoms. The molecule has 1 heterocycles. The van der Waals surface area contributed by atoms with Gasteiger partial charge in [0.2, 0.25) is 0 Å². The highest BCUT2D eigenvalue weighted by Gasteiger charge is 2.20. The highest BCUT2D eigenvalue weighted by atomic mass is 15.0. The first-order valence-corrected chi connectivity index (χ1v) is 5.90. The van der Waals surface area contributed by atoms with Crippen LogP contribution >= 0.6 is 0 Å². The Labute approximate surface area is 101 Å². The number of hydrogen-bond donors (Lipinski definition) is 2. The van der Waals surface area contributed by atoms with Gasteiger partial charge in [-0.05, 0) is 42.7 Å². The molecule has 1 aliphatic rings. The largest absolute Gasteiger partial charge is 0.399 e. The molecule has 3 N–H and O–H groups in total. The number of pyridine rings is 1. The van der Waals surface area contributed by atoms with E-state index in [-0.39, 0.29) is 0 Å². The maximum Gasteiger partial charge on any atom is 0.126 e. The first-order valence-electron chi connectivity index (χ1n) is 5.90. The summed E-state index contributed by atoms with van der Waals surface area (Å²) in [5.41, 5.74) is 8.75. The predicted molar refractivity (Wildman–Crippen MR) is 70.7 cm³/mol. The van der Waals surface area contributed by atoms with Crippen molar-refractivity contribution in [3.63, 3.8) is 0 Å². The fourth-order valence-electron chi connectivity index (χ4n) is 1.81. The summed E-state index contributed by atoms with van der Waals surface area (Å²) in [7, 11) is 0. The van der Waals surface area contributed by atoms with Crippen LogP contribution in [0.1, 0.15) is 12.8 Å². The molecule has 0 bridgehead atoms. The van der Waals surface area contributed by atoms with Crippen molar-refractivity contribution in [1.82, 2.24) is 4.98 Å². The minimum atomic E-state index is 0.640. The van der Waals surface area contributed by atoms with Gasteiger partial charge in [0.15, 0.2) is 0 Å². The van der Waals surface area contributed by atoms with E-state index >= 15 is 0 Å². The number of rotatable bonds is 3. The molecule has 0 amide bonds. The highest BCUT2D eigenvalue weighted by molar-refractivity contribution is 5.67. The van der Waals surface area contributed by atoms with Gasteiger partial charge in [0.25, 0.3) is 0 Å². The second-order valence-electron chi connectivity index (χ2n) is 4.48. The predicted octanol–water partition coefficient (Wildman–Crippen LogP) is 2.91. The SMILES string of the molecule is Nc1cccc(-c2ccc(NC3CC3)nc2)c1. The van der Waals surface area contributed by atoms with Crippen LogP contribution in [0.3, 0.4) is 0 Å². The number of nitrogen functional groups attached to an aromatic ring is 1. The van der Waals surface area contributed by atoms with Crippen LogP contribution in [0.25, 0.3) is 11.1 Å². The van der Waals surface area contributed by atoms with E-state index < -0.39 is 0 Å². The molecule has 1 fully saturated rings. The zero-order valence-corrected chi connectivity index (χ0v) is 9.56. The van der Waals surface area contributed by atoms with Gasteiger partial charge in [-0.1, -0.05) is 12.1 Å². The second kappa shape index (κ2) is 4.09. The molecule has 3 heteroatoms. The Bertz CT molecular complexity index is 515. The van der Waals surface area contributed by atoms with E-state index in [1.807, 2.05) is 36.5 Å². The van der Waals surface area contributed by atoms with Crippen LogP contribution in [0.15, 0.2) is 42.6 Å². The Morgan fingerprint density at radius 1 is 1.12 bits per heavy atom. The first kappa shape index (κ1) is 10.1. The average Bonchev–Trinajstić information content (AvgIpc) is 3.14. The zero-order valence-electron chi connectivity index (χ0n) is 9.56. The van der Waals surface area contributed by atoms with Crippen molar-refractivity contribution in [2.75, 3.05) is 11.1 Å². The van der Waals surface area contributed by atoms with Crippen LogP contribution < -0.4 is 11.1 Å². The molecule has 1 aromatic heterocycles. The van der Waals surface area contributed by atoms with Crippen molar-refractivity contribution in [2.24, 2.45) is 0 Å². The van der Waals surface area contributed by atoms with Crippen molar-refractivity contribution in [2.45, 2.75) is 18.9 Å². The second-order valence-corrected chi connectivity index (χ2v) is 4.48. The summed E-state index contributed by atoms with van der Waals surface area (Å²) in [5.74, 6) is 0.958.